The van der Waals surface area contributed by atoms with Gasteiger partial charge in [-0.2, -0.15) is 0 Å². The van der Waals surface area contributed by atoms with Crippen molar-refractivity contribution in [2.45, 2.75) is 38.6 Å². The molecule has 0 saturated carbocycles. The standard InChI is InChI=1S/C14H16F3S/c1-4-10-5-6-11-8-12(9(2)3)18(13(11)7-10)14(15,16)17/h5-9H,4H2,1-3H3/q+1. The fourth-order valence-corrected chi connectivity index (χ4v) is 4.21. The van der Waals surface area contributed by atoms with E-state index in [1.165, 1.54) is 0 Å². The predicted molar refractivity (Wildman–Crippen MR) is 71.2 cm³/mol. The van der Waals surface area contributed by atoms with Gasteiger partial charge in [0.2, 0.25) is 0 Å². The van der Waals surface area contributed by atoms with Crippen LogP contribution in [-0.4, -0.2) is 0 Å². The van der Waals surface area contributed by atoms with Crippen LogP contribution in [0.1, 0.15) is 37.1 Å². The highest BCUT2D eigenvalue weighted by Gasteiger charge is 2.48. The van der Waals surface area contributed by atoms with Crippen molar-refractivity contribution in [1.29, 1.82) is 0 Å². The van der Waals surface area contributed by atoms with Crippen molar-refractivity contribution < 1.29 is 13.2 Å². The molecule has 1 heterocycles. The van der Waals surface area contributed by atoms with Gasteiger partial charge in [-0.3, -0.25) is 0 Å². The molecule has 0 spiro atoms. The zero-order valence-corrected chi connectivity index (χ0v) is 11.5. The summed E-state index contributed by atoms with van der Waals surface area (Å²) in [5.41, 5.74) is -3.21. The van der Waals surface area contributed by atoms with Crippen LogP contribution in [0.4, 0.5) is 13.2 Å². The maximum Gasteiger partial charge on any atom is 0.600 e. The third-order valence-corrected chi connectivity index (χ3v) is 5.36. The molecule has 98 valence electrons. The fourth-order valence-electron chi connectivity index (χ4n) is 2.09. The van der Waals surface area contributed by atoms with Gasteiger partial charge in [0, 0.05) is 23.4 Å². The summed E-state index contributed by atoms with van der Waals surface area (Å²) in [6.07, 6.45) is 0.763. The molecule has 1 aromatic carbocycles. The van der Waals surface area contributed by atoms with E-state index in [9.17, 15) is 13.2 Å². The lowest BCUT2D eigenvalue weighted by Gasteiger charge is -2.02. The fraction of sp³-hybridized carbons (Fsp3) is 0.429. The maximum atomic E-state index is 13.3. The van der Waals surface area contributed by atoms with Crippen LogP contribution in [0.3, 0.4) is 0 Å². The van der Waals surface area contributed by atoms with Gasteiger partial charge in [0.1, 0.15) is 0 Å². The second-order valence-electron chi connectivity index (χ2n) is 4.68. The molecule has 18 heavy (non-hydrogen) atoms. The van der Waals surface area contributed by atoms with Crippen LogP contribution < -0.4 is 0 Å². The molecule has 0 aliphatic carbocycles. The summed E-state index contributed by atoms with van der Waals surface area (Å²) in [6.45, 7) is 5.60. The first-order valence-corrected chi connectivity index (χ1v) is 7.22. The van der Waals surface area contributed by atoms with Crippen LogP contribution in [0, 0.1) is 0 Å². The minimum Gasteiger partial charge on any atom is -0.118 e. The van der Waals surface area contributed by atoms with E-state index in [0.29, 0.717) is 9.58 Å². The average molecular weight is 273 g/mol. The largest absolute Gasteiger partial charge is 0.600 e. The number of alkyl halides is 3. The van der Waals surface area contributed by atoms with Crippen molar-refractivity contribution in [2.24, 2.45) is 0 Å². The average Bonchev–Trinajstić information content (AvgIpc) is 2.66. The second-order valence-corrected chi connectivity index (χ2v) is 6.67. The molecule has 4 heteroatoms. The monoisotopic (exact) mass is 273 g/mol. The van der Waals surface area contributed by atoms with Crippen molar-refractivity contribution >= 4 is 20.6 Å². The molecule has 0 fully saturated rings. The first-order valence-electron chi connectivity index (χ1n) is 6.00. The van der Waals surface area contributed by atoms with Gasteiger partial charge in [-0.15, -0.1) is 13.2 Å². The number of halogens is 3. The molecule has 1 atom stereocenters. The van der Waals surface area contributed by atoms with E-state index < -0.39 is 16.0 Å². The summed E-state index contributed by atoms with van der Waals surface area (Å²) in [5.74, 6) is -0.0764. The molecule has 2 rings (SSSR count). The lowest BCUT2D eigenvalue weighted by Crippen LogP contribution is -1.99. The van der Waals surface area contributed by atoms with Gasteiger partial charge in [0.25, 0.3) is 0 Å². The normalized spacial score (nSPS) is 13.6. The minimum atomic E-state index is -4.17. The van der Waals surface area contributed by atoms with Crippen LogP contribution in [-0.2, 0) is 11.9 Å². The number of thiophene rings is 1. The Morgan fingerprint density at radius 2 is 1.83 bits per heavy atom. The molecular formula is C14H16F3S+. The zero-order chi connectivity index (χ0) is 13.5. The number of hydrogen-bond donors (Lipinski definition) is 0. The highest BCUT2D eigenvalue weighted by atomic mass is 32.2. The Morgan fingerprint density at radius 3 is 2.33 bits per heavy atom. The smallest absolute Gasteiger partial charge is 0.118 e. The summed E-state index contributed by atoms with van der Waals surface area (Å²) in [5, 5.41) is 0.733. The van der Waals surface area contributed by atoms with E-state index in [1.54, 1.807) is 12.1 Å². The molecule has 0 saturated heterocycles. The summed E-state index contributed by atoms with van der Waals surface area (Å²) in [7, 11) is -1.74. The SMILES string of the molecule is CCc1ccc2cc(C(C)C)[s+](C(F)(F)F)c2c1. The van der Waals surface area contributed by atoms with E-state index in [0.717, 1.165) is 17.4 Å². The van der Waals surface area contributed by atoms with Gasteiger partial charge in [0.15, 0.2) is 9.58 Å². The third kappa shape index (κ3) is 2.26. The zero-order valence-electron chi connectivity index (χ0n) is 10.6. The Morgan fingerprint density at radius 1 is 1.17 bits per heavy atom. The summed E-state index contributed by atoms with van der Waals surface area (Å²) in [6, 6.07) is 7.17. The topological polar surface area (TPSA) is 0 Å². The van der Waals surface area contributed by atoms with Gasteiger partial charge in [-0.1, -0.05) is 26.8 Å². The van der Waals surface area contributed by atoms with E-state index in [-0.39, 0.29) is 5.92 Å². The quantitative estimate of drug-likeness (QED) is 0.611. The molecule has 0 radical (unpaired) electrons. The van der Waals surface area contributed by atoms with Crippen LogP contribution in [0.15, 0.2) is 24.3 Å². The van der Waals surface area contributed by atoms with Crippen LogP contribution in [0.25, 0.3) is 10.1 Å². The lowest BCUT2D eigenvalue weighted by molar-refractivity contribution is -0.0868. The minimum absolute atomic E-state index is 0.0764. The number of hydrogen-bond acceptors (Lipinski definition) is 0. The van der Waals surface area contributed by atoms with Crippen molar-refractivity contribution in [3.8, 4) is 0 Å². The van der Waals surface area contributed by atoms with E-state index >= 15 is 0 Å². The van der Waals surface area contributed by atoms with Crippen LogP contribution in [0.5, 0.6) is 0 Å². The van der Waals surface area contributed by atoms with Gasteiger partial charge in [0.05, 0.1) is 10.5 Å². The number of aryl methyl sites for hydroxylation is 1. The first-order chi connectivity index (χ1) is 8.34. The van der Waals surface area contributed by atoms with E-state index in [4.69, 9.17) is 0 Å². The maximum absolute atomic E-state index is 13.3. The molecule has 0 aliphatic rings. The third-order valence-electron chi connectivity index (χ3n) is 3.04. The second kappa shape index (κ2) is 4.57. The molecule has 1 unspecified atom stereocenters. The van der Waals surface area contributed by atoms with Crippen molar-refractivity contribution in [1.82, 2.24) is 0 Å². The molecule has 2 aromatic rings. The number of rotatable bonds is 2. The Balaban J connectivity index is 2.79. The Bertz CT molecular complexity index is 564. The van der Waals surface area contributed by atoms with E-state index in [2.05, 4.69) is 0 Å². The summed E-state index contributed by atoms with van der Waals surface area (Å²) in [4.78, 5) is 0.505. The molecule has 0 nitrogen and oxygen atoms in total. The highest BCUT2D eigenvalue weighted by molar-refractivity contribution is 7.38. The van der Waals surface area contributed by atoms with Gasteiger partial charge < -0.3 is 0 Å². The van der Waals surface area contributed by atoms with E-state index in [1.807, 2.05) is 32.9 Å². The predicted octanol–water partition coefficient (Wildman–Crippen LogP) is 5.75. The van der Waals surface area contributed by atoms with Gasteiger partial charge in [-0.05, 0) is 18.1 Å². The van der Waals surface area contributed by atoms with Crippen LogP contribution >= 0.6 is 10.5 Å². The van der Waals surface area contributed by atoms with Crippen molar-refractivity contribution in [2.75, 3.05) is 0 Å². The number of benzene rings is 1. The van der Waals surface area contributed by atoms with Crippen molar-refractivity contribution in [3.63, 3.8) is 0 Å². The molecule has 1 aromatic heterocycles. The molecule has 0 N–H and O–H groups in total. The molecular weight excluding hydrogens is 257 g/mol. The van der Waals surface area contributed by atoms with Gasteiger partial charge in [-0.25, -0.2) is 0 Å². The summed E-state index contributed by atoms with van der Waals surface area (Å²) >= 11 is 0. The summed E-state index contributed by atoms with van der Waals surface area (Å²) < 4.78 is 40.2. The van der Waals surface area contributed by atoms with Gasteiger partial charge >= 0.3 is 5.51 Å². The molecule has 0 aliphatic heterocycles. The van der Waals surface area contributed by atoms with Crippen molar-refractivity contribution in [3.05, 3.63) is 34.7 Å². The number of fused-ring (bicyclic) bond motifs is 1. The highest BCUT2D eigenvalue weighted by Crippen LogP contribution is 2.53. The first kappa shape index (κ1) is 13.4. The Labute approximate surface area is 107 Å². The van der Waals surface area contributed by atoms with Crippen LogP contribution in [0.2, 0.25) is 0 Å². The lowest BCUT2D eigenvalue weighted by atomic mass is 10.1. The molecule has 0 bridgehead atoms. The Hall–Kier alpha value is -1.03. The Kier molecular flexibility index (Phi) is 3.41. The molecule has 0 amide bonds.